The highest BCUT2D eigenvalue weighted by atomic mass is 35.5. The Labute approximate surface area is 201 Å². The lowest BCUT2D eigenvalue weighted by Crippen LogP contribution is -2.10. The van der Waals surface area contributed by atoms with Gasteiger partial charge in [-0.05, 0) is 48.0 Å². The molecule has 0 atom stereocenters. The number of nitrogens with zero attached hydrogens (tertiary/aromatic N) is 1. The summed E-state index contributed by atoms with van der Waals surface area (Å²) in [5, 5.41) is 0.593. The highest BCUT2D eigenvalue weighted by Crippen LogP contribution is 2.35. The second-order valence-corrected chi connectivity index (χ2v) is 7.68. The summed E-state index contributed by atoms with van der Waals surface area (Å²) < 4.78 is 21.9. The van der Waals surface area contributed by atoms with Gasteiger partial charge in [-0.25, -0.2) is 9.79 Å². The molecule has 0 aromatic heterocycles. The molecule has 0 unspecified atom stereocenters. The molecule has 0 N–H and O–H groups in total. The highest BCUT2D eigenvalue weighted by molar-refractivity contribution is 6.37. The third-order valence-electron chi connectivity index (χ3n) is 4.62. The first kappa shape index (κ1) is 22.7. The number of esters is 1. The molecule has 0 bridgehead atoms. The maximum absolute atomic E-state index is 12.2. The van der Waals surface area contributed by atoms with Gasteiger partial charge in [0.2, 0.25) is 5.90 Å². The van der Waals surface area contributed by atoms with Gasteiger partial charge in [0.25, 0.3) is 0 Å². The van der Waals surface area contributed by atoms with E-state index in [1.165, 1.54) is 0 Å². The Balaban J connectivity index is 1.43. The maximum Gasteiger partial charge on any atom is 0.363 e. The predicted molar refractivity (Wildman–Crippen MR) is 127 cm³/mol. The molecular formula is C25H19Cl2NO5. The Bertz CT molecular complexity index is 1200. The van der Waals surface area contributed by atoms with Crippen molar-refractivity contribution in [1.29, 1.82) is 0 Å². The SMILES string of the molecule is COc1ccccc1OCCOc1c(Cl)cc(/C=C2\N=C(c3ccccc3)OC2=O)cc1Cl. The van der Waals surface area contributed by atoms with Crippen LogP contribution in [0.1, 0.15) is 11.1 Å². The van der Waals surface area contributed by atoms with E-state index in [1.807, 2.05) is 48.5 Å². The third kappa shape index (κ3) is 5.48. The predicted octanol–water partition coefficient (Wildman–Crippen LogP) is 5.80. The summed E-state index contributed by atoms with van der Waals surface area (Å²) in [5.74, 6) is 1.27. The summed E-state index contributed by atoms with van der Waals surface area (Å²) in [6, 6.07) is 19.8. The van der Waals surface area contributed by atoms with Crippen molar-refractivity contribution >= 4 is 41.1 Å². The molecule has 4 rings (SSSR count). The number of carbonyl (C=O) groups excluding carboxylic acids is 1. The van der Waals surface area contributed by atoms with Gasteiger partial charge in [0.05, 0.1) is 17.2 Å². The molecule has 0 amide bonds. The summed E-state index contributed by atoms with van der Waals surface area (Å²) in [6.45, 7) is 0.483. The zero-order chi connectivity index (χ0) is 23.2. The fraction of sp³-hybridized carbons (Fsp3) is 0.120. The molecule has 1 aliphatic heterocycles. The third-order valence-corrected chi connectivity index (χ3v) is 5.18. The fourth-order valence-corrected chi connectivity index (χ4v) is 3.72. The Kier molecular flexibility index (Phi) is 7.17. The minimum Gasteiger partial charge on any atom is -0.493 e. The van der Waals surface area contributed by atoms with E-state index in [0.717, 1.165) is 0 Å². The molecule has 0 saturated carbocycles. The van der Waals surface area contributed by atoms with Gasteiger partial charge in [-0.3, -0.25) is 0 Å². The monoisotopic (exact) mass is 483 g/mol. The minimum atomic E-state index is -0.546. The number of benzene rings is 3. The molecule has 0 fully saturated rings. The molecule has 0 radical (unpaired) electrons. The largest absolute Gasteiger partial charge is 0.493 e. The second-order valence-electron chi connectivity index (χ2n) is 6.86. The summed E-state index contributed by atoms with van der Waals surface area (Å²) in [6.07, 6.45) is 1.56. The van der Waals surface area contributed by atoms with Crippen LogP contribution in [-0.2, 0) is 9.53 Å². The van der Waals surface area contributed by atoms with E-state index in [4.69, 9.17) is 42.1 Å². The zero-order valence-corrected chi connectivity index (χ0v) is 19.1. The van der Waals surface area contributed by atoms with E-state index in [2.05, 4.69) is 4.99 Å². The summed E-state index contributed by atoms with van der Waals surface area (Å²) in [7, 11) is 1.58. The van der Waals surface area contributed by atoms with Crippen molar-refractivity contribution < 1.29 is 23.7 Å². The topological polar surface area (TPSA) is 66.3 Å². The highest BCUT2D eigenvalue weighted by Gasteiger charge is 2.24. The van der Waals surface area contributed by atoms with E-state index in [1.54, 1.807) is 31.4 Å². The molecule has 8 heteroatoms. The number of cyclic esters (lactones) is 1. The molecule has 0 spiro atoms. The average molecular weight is 484 g/mol. The maximum atomic E-state index is 12.2. The molecule has 0 saturated heterocycles. The smallest absolute Gasteiger partial charge is 0.363 e. The molecule has 168 valence electrons. The van der Waals surface area contributed by atoms with Crippen molar-refractivity contribution in [2.24, 2.45) is 4.99 Å². The van der Waals surface area contributed by atoms with Gasteiger partial charge in [0, 0.05) is 5.56 Å². The molecule has 0 aliphatic carbocycles. The molecule has 3 aromatic carbocycles. The van der Waals surface area contributed by atoms with Gasteiger partial charge in [-0.1, -0.05) is 53.5 Å². The van der Waals surface area contributed by atoms with Crippen LogP contribution in [0.25, 0.3) is 6.08 Å². The van der Waals surface area contributed by atoms with E-state index in [-0.39, 0.29) is 24.8 Å². The van der Waals surface area contributed by atoms with Crippen LogP contribution in [0.15, 0.2) is 77.4 Å². The van der Waals surface area contributed by atoms with Gasteiger partial charge >= 0.3 is 5.97 Å². The Morgan fingerprint density at radius 2 is 1.55 bits per heavy atom. The Hall–Kier alpha value is -3.48. The number of para-hydroxylation sites is 2. The summed E-state index contributed by atoms with van der Waals surface area (Å²) in [5.41, 5.74) is 1.46. The lowest BCUT2D eigenvalue weighted by atomic mass is 10.2. The van der Waals surface area contributed by atoms with Crippen molar-refractivity contribution in [3.63, 3.8) is 0 Å². The van der Waals surface area contributed by atoms with E-state index in [0.29, 0.717) is 38.4 Å². The quantitative estimate of drug-likeness (QED) is 0.230. The van der Waals surface area contributed by atoms with Gasteiger partial charge in [-0.2, -0.15) is 0 Å². The fourth-order valence-electron chi connectivity index (χ4n) is 3.11. The molecular weight excluding hydrogens is 465 g/mol. The molecule has 6 nitrogen and oxygen atoms in total. The number of methoxy groups -OCH3 is 1. The summed E-state index contributed by atoms with van der Waals surface area (Å²) in [4.78, 5) is 16.5. The number of hydrogen-bond donors (Lipinski definition) is 0. The number of aliphatic imine (C=N–C) groups is 1. The molecule has 33 heavy (non-hydrogen) atoms. The van der Waals surface area contributed by atoms with Crippen LogP contribution in [0.5, 0.6) is 17.2 Å². The Morgan fingerprint density at radius 3 is 2.24 bits per heavy atom. The average Bonchev–Trinajstić information content (AvgIpc) is 3.19. The van der Waals surface area contributed by atoms with Crippen molar-refractivity contribution in [3.8, 4) is 17.2 Å². The minimum absolute atomic E-state index is 0.153. The van der Waals surface area contributed by atoms with Crippen LogP contribution in [0, 0.1) is 0 Å². The molecule has 1 heterocycles. The second kappa shape index (κ2) is 10.4. The van der Waals surface area contributed by atoms with E-state index in [9.17, 15) is 4.79 Å². The van der Waals surface area contributed by atoms with Crippen LogP contribution in [-0.4, -0.2) is 32.2 Å². The van der Waals surface area contributed by atoms with Crippen molar-refractivity contribution in [2.75, 3.05) is 20.3 Å². The van der Waals surface area contributed by atoms with Crippen molar-refractivity contribution in [2.45, 2.75) is 0 Å². The van der Waals surface area contributed by atoms with Crippen molar-refractivity contribution in [1.82, 2.24) is 0 Å². The van der Waals surface area contributed by atoms with Gasteiger partial charge < -0.3 is 18.9 Å². The first-order valence-electron chi connectivity index (χ1n) is 10.0. The molecule has 1 aliphatic rings. The van der Waals surface area contributed by atoms with Crippen LogP contribution in [0.3, 0.4) is 0 Å². The van der Waals surface area contributed by atoms with E-state index >= 15 is 0 Å². The first-order valence-corrected chi connectivity index (χ1v) is 10.8. The number of ether oxygens (including phenoxy) is 4. The number of carbonyl (C=O) groups is 1. The van der Waals surface area contributed by atoms with Crippen molar-refractivity contribution in [3.05, 3.63) is 93.6 Å². The lowest BCUT2D eigenvalue weighted by Gasteiger charge is -2.13. The van der Waals surface area contributed by atoms with Gasteiger partial charge in [0.15, 0.2) is 22.9 Å². The van der Waals surface area contributed by atoms with Crippen LogP contribution in [0.4, 0.5) is 0 Å². The van der Waals surface area contributed by atoms with Crippen LogP contribution in [0.2, 0.25) is 10.0 Å². The number of halogens is 2. The zero-order valence-electron chi connectivity index (χ0n) is 17.6. The summed E-state index contributed by atoms with van der Waals surface area (Å²) >= 11 is 12.7. The van der Waals surface area contributed by atoms with Gasteiger partial charge in [0.1, 0.15) is 13.2 Å². The van der Waals surface area contributed by atoms with Gasteiger partial charge in [-0.15, -0.1) is 0 Å². The van der Waals surface area contributed by atoms with E-state index < -0.39 is 5.97 Å². The van der Waals surface area contributed by atoms with Crippen LogP contribution >= 0.6 is 23.2 Å². The Morgan fingerprint density at radius 1 is 0.909 bits per heavy atom. The number of hydrogen-bond acceptors (Lipinski definition) is 6. The lowest BCUT2D eigenvalue weighted by molar-refractivity contribution is -0.129. The normalized spacial score (nSPS) is 14.1. The van der Waals surface area contributed by atoms with Crippen LogP contribution < -0.4 is 14.2 Å². The standard InChI is InChI=1S/C25H19Cl2NO5/c1-30-21-9-5-6-10-22(21)31-11-12-32-23-18(26)13-16(14-19(23)27)15-20-25(29)33-24(28-20)17-7-3-2-4-8-17/h2-10,13-15H,11-12H2,1H3/b20-15-. The number of rotatable bonds is 8. The molecule has 3 aromatic rings. The first-order chi connectivity index (χ1) is 16.0.